The number of nitrogens with one attached hydrogen (secondary N) is 1. The van der Waals surface area contributed by atoms with Gasteiger partial charge in [0, 0.05) is 18.0 Å². The van der Waals surface area contributed by atoms with E-state index in [0.717, 1.165) is 5.69 Å². The molecule has 8 heteroatoms. The van der Waals surface area contributed by atoms with Gasteiger partial charge in [0.05, 0.1) is 10.3 Å². The molecule has 0 radical (unpaired) electrons. The summed E-state index contributed by atoms with van der Waals surface area (Å²) in [4.78, 5) is 24.4. The van der Waals surface area contributed by atoms with Crippen LogP contribution < -0.4 is 11.1 Å². The van der Waals surface area contributed by atoms with E-state index in [4.69, 9.17) is 17.3 Å². The van der Waals surface area contributed by atoms with Crippen LogP contribution in [0.1, 0.15) is 12.6 Å². The predicted octanol–water partition coefficient (Wildman–Crippen LogP) is 2.53. The van der Waals surface area contributed by atoms with E-state index in [9.17, 15) is 4.79 Å². The number of nitrogens with zero attached hydrogens (tertiary/aromatic N) is 3. The van der Waals surface area contributed by atoms with E-state index in [1.54, 1.807) is 25.1 Å². The minimum absolute atomic E-state index is 0.196. The highest BCUT2D eigenvalue weighted by atomic mass is 35.5. The summed E-state index contributed by atoms with van der Waals surface area (Å²) in [5.74, 6) is 0.636. The number of carbonyl (C=O) groups is 1. The van der Waals surface area contributed by atoms with E-state index >= 15 is 0 Å². The van der Waals surface area contributed by atoms with Gasteiger partial charge in [-0.2, -0.15) is 0 Å². The second-order valence-corrected chi connectivity index (χ2v) is 6.07. The standard InChI is InChI=1S/C13H14ClN5OS/c1-7-5-10(15)18-13(17-7)21-8(2)12(20)19-11-4-3-9(14)6-16-11/h3-6,8H,1-2H3,(H2,15,17,18)(H,16,19,20)/t8-/m1/s1. The van der Waals surface area contributed by atoms with Crippen LogP contribution in [0.15, 0.2) is 29.6 Å². The quantitative estimate of drug-likeness (QED) is 0.663. The van der Waals surface area contributed by atoms with Crippen LogP contribution in [0, 0.1) is 6.92 Å². The van der Waals surface area contributed by atoms with E-state index in [-0.39, 0.29) is 11.2 Å². The molecular weight excluding hydrogens is 310 g/mol. The van der Waals surface area contributed by atoms with E-state index in [1.165, 1.54) is 18.0 Å². The molecule has 2 rings (SSSR count). The number of halogens is 1. The van der Waals surface area contributed by atoms with Crippen molar-refractivity contribution in [2.24, 2.45) is 0 Å². The molecular formula is C13H14ClN5OS. The molecule has 0 aliphatic heterocycles. The fourth-order valence-corrected chi connectivity index (χ4v) is 2.46. The molecule has 110 valence electrons. The predicted molar refractivity (Wildman–Crippen MR) is 84.4 cm³/mol. The molecule has 0 saturated heterocycles. The number of hydrogen-bond acceptors (Lipinski definition) is 6. The third-order valence-corrected chi connectivity index (χ3v) is 3.67. The summed E-state index contributed by atoms with van der Waals surface area (Å²) in [5.41, 5.74) is 6.42. The van der Waals surface area contributed by atoms with Crippen LogP contribution in [-0.4, -0.2) is 26.1 Å². The Morgan fingerprint density at radius 1 is 1.43 bits per heavy atom. The van der Waals surface area contributed by atoms with Gasteiger partial charge in [-0.1, -0.05) is 23.4 Å². The van der Waals surface area contributed by atoms with Crippen molar-refractivity contribution in [3.63, 3.8) is 0 Å². The van der Waals surface area contributed by atoms with E-state index in [2.05, 4.69) is 20.3 Å². The van der Waals surface area contributed by atoms with Gasteiger partial charge in [0.1, 0.15) is 11.6 Å². The fourth-order valence-electron chi connectivity index (χ4n) is 1.51. The average Bonchev–Trinajstić information content (AvgIpc) is 2.40. The average molecular weight is 324 g/mol. The van der Waals surface area contributed by atoms with Crippen LogP contribution in [0.4, 0.5) is 11.6 Å². The Morgan fingerprint density at radius 3 is 2.81 bits per heavy atom. The number of hydrogen-bond donors (Lipinski definition) is 2. The summed E-state index contributed by atoms with van der Waals surface area (Å²) in [6, 6.07) is 4.97. The van der Waals surface area contributed by atoms with Gasteiger partial charge in [-0.25, -0.2) is 15.0 Å². The van der Waals surface area contributed by atoms with Crippen molar-refractivity contribution in [2.75, 3.05) is 11.1 Å². The largest absolute Gasteiger partial charge is 0.384 e. The molecule has 6 nitrogen and oxygen atoms in total. The third-order valence-electron chi connectivity index (χ3n) is 2.48. The molecule has 0 unspecified atom stereocenters. The van der Waals surface area contributed by atoms with Crippen LogP contribution >= 0.6 is 23.4 Å². The zero-order chi connectivity index (χ0) is 15.4. The molecule has 0 aliphatic rings. The number of aryl methyl sites for hydroxylation is 1. The topological polar surface area (TPSA) is 93.8 Å². The number of anilines is 2. The molecule has 2 aromatic rings. The van der Waals surface area contributed by atoms with Crippen molar-refractivity contribution in [3.05, 3.63) is 35.1 Å². The normalized spacial score (nSPS) is 12.0. The zero-order valence-corrected chi connectivity index (χ0v) is 13.1. The van der Waals surface area contributed by atoms with Crippen molar-refractivity contribution < 1.29 is 4.79 Å². The highest BCUT2D eigenvalue weighted by molar-refractivity contribution is 8.00. The molecule has 0 bridgehead atoms. The van der Waals surface area contributed by atoms with Gasteiger partial charge in [-0.15, -0.1) is 0 Å². The maximum absolute atomic E-state index is 12.1. The van der Waals surface area contributed by atoms with Crippen LogP contribution in [0.5, 0.6) is 0 Å². The van der Waals surface area contributed by atoms with Crippen molar-refractivity contribution in [3.8, 4) is 0 Å². The van der Waals surface area contributed by atoms with Crippen LogP contribution in [0.25, 0.3) is 0 Å². The Labute approximate surface area is 131 Å². The van der Waals surface area contributed by atoms with Gasteiger partial charge in [0.15, 0.2) is 5.16 Å². The zero-order valence-electron chi connectivity index (χ0n) is 11.5. The Balaban J connectivity index is 2.00. The van der Waals surface area contributed by atoms with E-state index in [0.29, 0.717) is 21.8 Å². The second kappa shape index (κ2) is 6.73. The molecule has 0 aromatic carbocycles. The summed E-state index contributed by atoms with van der Waals surface area (Å²) in [6.07, 6.45) is 1.47. The summed E-state index contributed by atoms with van der Waals surface area (Å²) < 4.78 is 0. The first kappa shape index (κ1) is 15.5. The molecule has 0 spiro atoms. The first-order chi connectivity index (χ1) is 9.94. The lowest BCUT2D eigenvalue weighted by molar-refractivity contribution is -0.115. The Morgan fingerprint density at radius 2 is 2.19 bits per heavy atom. The molecule has 21 heavy (non-hydrogen) atoms. The van der Waals surface area contributed by atoms with Crippen molar-refractivity contribution in [1.82, 2.24) is 15.0 Å². The summed E-state index contributed by atoms with van der Waals surface area (Å²) in [5, 5.41) is 3.30. The minimum Gasteiger partial charge on any atom is -0.384 e. The van der Waals surface area contributed by atoms with Gasteiger partial charge >= 0.3 is 0 Å². The molecule has 1 atom stereocenters. The van der Waals surface area contributed by atoms with Crippen molar-refractivity contribution in [2.45, 2.75) is 24.3 Å². The lowest BCUT2D eigenvalue weighted by Crippen LogP contribution is -2.23. The van der Waals surface area contributed by atoms with Crippen LogP contribution in [-0.2, 0) is 4.79 Å². The van der Waals surface area contributed by atoms with E-state index in [1.807, 2.05) is 6.92 Å². The lowest BCUT2D eigenvalue weighted by Gasteiger charge is -2.11. The minimum atomic E-state index is -0.385. The SMILES string of the molecule is Cc1cc(N)nc(S[C@H](C)C(=O)Nc2ccc(Cl)cn2)n1. The number of amides is 1. The van der Waals surface area contributed by atoms with Crippen LogP contribution in [0.2, 0.25) is 5.02 Å². The van der Waals surface area contributed by atoms with E-state index < -0.39 is 0 Å². The smallest absolute Gasteiger partial charge is 0.238 e. The first-order valence-electron chi connectivity index (χ1n) is 6.14. The monoisotopic (exact) mass is 323 g/mol. The Hall–Kier alpha value is -1.86. The van der Waals surface area contributed by atoms with Crippen LogP contribution in [0.3, 0.4) is 0 Å². The summed E-state index contributed by atoms with van der Waals surface area (Å²) in [6.45, 7) is 3.59. The Bertz CT molecular complexity index is 629. The van der Waals surface area contributed by atoms with Crippen molar-refractivity contribution in [1.29, 1.82) is 0 Å². The van der Waals surface area contributed by atoms with Gasteiger partial charge in [0.25, 0.3) is 0 Å². The lowest BCUT2D eigenvalue weighted by atomic mass is 10.4. The van der Waals surface area contributed by atoms with Gasteiger partial charge in [-0.05, 0) is 26.0 Å². The number of rotatable bonds is 4. The first-order valence-corrected chi connectivity index (χ1v) is 7.40. The maximum Gasteiger partial charge on any atom is 0.238 e. The summed E-state index contributed by atoms with van der Waals surface area (Å²) in [7, 11) is 0. The number of thioether (sulfide) groups is 1. The summed E-state index contributed by atoms with van der Waals surface area (Å²) >= 11 is 6.97. The molecule has 2 heterocycles. The third kappa shape index (κ3) is 4.57. The molecule has 0 aliphatic carbocycles. The maximum atomic E-state index is 12.1. The number of carbonyl (C=O) groups excluding carboxylic acids is 1. The number of pyridine rings is 1. The van der Waals surface area contributed by atoms with Gasteiger partial charge in [-0.3, -0.25) is 4.79 Å². The molecule has 3 N–H and O–H groups in total. The number of aromatic nitrogens is 3. The Kier molecular flexibility index (Phi) is 4.98. The molecule has 0 saturated carbocycles. The second-order valence-electron chi connectivity index (χ2n) is 4.33. The molecule has 1 amide bonds. The number of nitrogens with two attached hydrogens (primary N) is 1. The molecule has 0 fully saturated rings. The van der Waals surface area contributed by atoms with Gasteiger partial charge < -0.3 is 11.1 Å². The molecule has 2 aromatic heterocycles. The highest BCUT2D eigenvalue weighted by Gasteiger charge is 2.17. The van der Waals surface area contributed by atoms with Gasteiger partial charge in [0.2, 0.25) is 5.91 Å². The fraction of sp³-hybridized carbons (Fsp3) is 0.231. The van der Waals surface area contributed by atoms with Crippen molar-refractivity contribution >= 4 is 40.9 Å². The number of nitrogen functional groups attached to an aromatic ring is 1. The highest BCUT2D eigenvalue weighted by Crippen LogP contribution is 2.22.